The molecule has 0 saturated carbocycles. The Morgan fingerprint density at radius 2 is 1.85 bits per heavy atom. The molecule has 1 aromatic carbocycles. The largest absolute Gasteiger partial charge is 0.493 e. The second kappa shape index (κ2) is 7.14. The van der Waals surface area contributed by atoms with Gasteiger partial charge in [0.1, 0.15) is 5.75 Å². The Bertz CT molecular complexity index is 429. The van der Waals surface area contributed by atoms with E-state index in [0.717, 1.165) is 0 Å². The van der Waals surface area contributed by atoms with Crippen molar-refractivity contribution < 1.29 is 27.5 Å². The van der Waals surface area contributed by atoms with Crippen LogP contribution in [-0.4, -0.2) is 25.3 Å². The van der Waals surface area contributed by atoms with Gasteiger partial charge in [-0.05, 0) is 30.2 Å². The third-order valence-electron chi connectivity index (χ3n) is 2.10. The standard InChI is InChI=1S/C13H16F3NO3/c1-9(2)7-19-11-5-3-10(4-6-11)12(18)17-20-8-13(14,15)16/h3-6,9H,7-8H2,1-2H3,(H,17,18). The lowest BCUT2D eigenvalue weighted by atomic mass is 10.2. The van der Waals surface area contributed by atoms with Crippen LogP contribution >= 0.6 is 0 Å². The summed E-state index contributed by atoms with van der Waals surface area (Å²) in [4.78, 5) is 15.5. The van der Waals surface area contributed by atoms with Gasteiger partial charge >= 0.3 is 6.18 Å². The minimum Gasteiger partial charge on any atom is -0.493 e. The Balaban J connectivity index is 2.45. The van der Waals surface area contributed by atoms with Crippen molar-refractivity contribution in [3.05, 3.63) is 29.8 Å². The molecule has 112 valence electrons. The van der Waals surface area contributed by atoms with E-state index in [1.807, 2.05) is 13.8 Å². The van der Waals surface area contributed by atoms with Crippen molar-refractivity contribution in [1.29, 1.82) is 0 Å². The number of benzene rings is 1. The first kappa shape index (κ1) is 16.3. The van der Waals surface area contributed by atoms with Crippen LogP contribution in [0.15, 0.2) is 24.3 Å². The first-order chi connectivity index (χ1) is 9.28. The number of hydrogen-bond acceptors (Lipinski definition) is 3. The number of nitrogens with one attached hydrogen (secondary N) is 1. The third-order valence-corrected chi connectivity index (χ3v) is 2.10. The highest BCUT2D eigenvalue weighted by atomic mass is 19.4. The van der Waals surface area contributed by atoms with Crippen LogP contribution in [0.4, 0.5) is 13.2 Å². The van der Waals surface area contributed by atoms with E-state index in [9.17, 15) is 18.0 Å². The van der Waals surface area contributed by atoms with Crippen molar-refractivity contribution >= 4 is 5.91 Å². The molecule has 0 bridgehead atoms. The smallest absolute Gasteiger partial charge is 0.414 e. The van der Waals surface area contributed by atoms with Gasteiger partial charge in [-0.15, -0.1) is 0 Å². The van der Waals surface area contributed by atoms with Gasteiger partial charge in [0.05, 0.1) is 6.61 Å². The molecule has 20 heavy (non-hydrogen) atoms. The lowest BCUT2D eigenvalue weighted by Gasteiger charge is -2.10. The number of ether oxygens (including phenoxy) is 1. The Kier molecular flexibility index (Phi) is 5.82. The number of carbonyl (C=O) groups excluding carboxylic acids is 1. The molecule has 1 amide bonds. The van der Waals surface area contributed by atoms with Gasteiger partial charge in [0.15, 0.2) is 6.61 Å². The Hall–Kier alpha value is -1.76. The fourth-order valence-corrected chi connectivity index (χ4v) is 1.21. The summed E-state index contributed by atoms with van der Waals surface area (Å²) in [6.07, 6.45) is -4.48. The number of halogens is 3. The molecule has 1 aromatic rings. The van der Waals surface area contributed by atoms with E-state index in [1.54, 1.807) is 17.6 Å². The zero-order valence-electron chi connectivity index (χ0n) is 11.2. The lowest BCUT2D eigenvalue weighted by Crippen LogP contribution is -2.29. The minimum absolute atomic E-state index is 0.184. The lowest BCUT2D eigenvalue weighted by molar-refractivity contribution is -0.184. The molecule has 0 atom stereocenters. The Morgan fingerprint density at radius 3 is 2.35 bits per heavy atom. The maximum Gasteiger partial charge on any atom is 0.414 e. The molecule has 1 rings (SSSR count). The van der Waals surface area contributed by atoms with Crippen LogP contribution in [0.5, 0.6) is 5.75 Å². The van der Waals surface area contributed by atoms with E-state index in [1.165, 1.54) is 12.1 Å². The van der Waals surface area contributed by atoms with E-state index in [0.29, 0.717) is 18.3 Å². The second-order valence-corrected chi connectivity index (χ2v) is 4.56. The molecule has 1 N–H and O–H groups in total. The summed E-state index contributed by atoms with van der Waals surface area (Å²) in [5, 5.41) is 0. The number of rotatable bonds is 6. The van der Waals surface area contributed by atoms with Gasteiger partial charge in [0.2, 0.25) is 0 Å². The predicted molar refractivity (Wildman–Crippen MR) is 66.2 cm³/mol. The Labute approximate surface area is 114 Å². The summed E-state index contributed by atoms with van der Waals surface area (Å²) in [6.45, 7) is 3.01. The highest BCUT2D eigenvalue weighted by Gasteiger charge is 2.28. The fraction of sp³-hybridized carbons (Fsp3) is 0.462. The van der Waals surface area contributed by atoms with E-state index >= 15 is 0 Å². The maximum absolute atomic E-state index is 11.8. The molecule has 0 radical (unpaired) electrons. The number of amides is 1. The van der Waals surface area contributed by atoms with Gasteiger partial charge in [-0.2, -0.15) is 13.2 Å². The van der Waals surface area contributed by atoms with Gasteiger partial charge in [0.25, 0.3) is 5.91 Å². The van der Waals surface area contributed by atoms with Gasteiger partial charge in [-0.3, -0.25) is 9.63 Å². The molecule has 7 heteroatoms. The molecule has 0 aliphatic heterocycles. The normalized spacial score (nSPS) is 11.5. The van der Waals surface area contributed by atoms with Crippen LogP contribution in [0.25, 0.3) is 0 Å². The summed E-state index contributed by atoms with van der Waals surface area (Å²) in [6, 6.07) is 6.03. The molecule has 0 aliphatic rings. The highest BCUT2D eigenvalue weighted by molar-refractivity contribution is 5.93. The summed E-state index contributed by atoms with van der Waals surface area (Å²) in [5.74, 6) is 0.213. The Morgan fingerprint density at radius 1 is 1.25 bits per heavy atom. The quantitative estimate of drug-likeness (QED) is 0.820. The first-order valence-corrected chi connectivity index (χ1v) is 5.99. The molecule has 0 unspecified atom stereocenters. The van der Waals surface area contributed by atoms with Crippen molar-refractivity contribution in [3.8, 4) is 5.75 Å². The van der Waals surface area contributed by atoms with Crippen LogP contribution in [0, 0.1) is 5.92 Å². The van der Waals surface area contributed by atoms with Crippen LogP contribution < -0.4 is 10.2 Å². The van der Waals surface area contributed by atoms with Gasteiger partial charge < -0.3 is 4.74 Å². The van der Waals surface area contributed by atoms with Crippen LogP contribution in [0.3, 0.4) is 0 Å². The highest BCUT2D eigenvalue weighted by Crippen LogP contribution is 2.15. The van der Waals surface area contributed by atoms with E-state index in [-0.39, 0.29) is 5.56 Å². The molecular formula is C13H16F3NO3. The SMILES string of the molecule is CC(C)COc1ccc(C(=O)NOCC(F)(F)F)cc1. The van der Waals surface area contributed by atoms with Crippen molar-refractivity contribution in [2.24, 2.45) is 5.92 Å². The number of alkyl halides is 3. The first-order valence-electron chi connectivity index (χ1n) is 5.99. The molecule has 0 aliphatic carbocycles. The monoisotopic (exact) mass is 291 g/mol. The molecule has 0 spiro atoms. The summed E-state index contributed by atoms with van der Waals surface area (Å²) in [5.41, 5.74) is 1.91. The van der Waals surface area contributed by atoms with E-state index in [4.69, 9.17) is 4.74 Å². The average Bonchev–Trinajstić information content (AvgIpc) is 2.35. The van der Waals surface area contributed by atoms with Crippen LogP contribution in [0.2, 0.25) is 0 Å². The van der Waals surface area contributed by atoms with E-state index < -0.39 is 18.7 Å². The van der Waals surface area contributed by atoms with Gasteiger partial charge in [-0.1, -0.05) is 13.8 Å². The topological polar surface area (TPSA) is 47.6 Å². The van der Waals surface area contributed by atoms with E-state index in [2.05, 4.69) is 4.84 Å². The average molecular weight is 291 g/mol. The predicted octanol–water partition coefficient (Wildman–Crippen LogP) is 2.95. The molecule has 0 saturated heterocycles. The zero-order valence-corrected chi connectivity index (χ0v) is 11.2. The maximum atomic E-state index is 11.8. The van der Waals surface area contributed by atoms with Crippen LogP contribution in [0.1, 0.15) is 24.2 Å². The van der Waals surface area contributed by atoms with Crippen molar-refractivity contribution in [3.63, 3.8) is 0 Å². The van der Waals surface area contributed by atoms with Crippen molar-refractivity contribution in [2.75, 3.05) is 13.2 Å². The molecule has 4 nitrogen and oxygen atoms in total. The molecule has 0 heterocycles. The van der Waals surface area contributed by atoms with Crippen molar-refractivity contribution in [1.82, 2.24) is 5.48 Å². The number of hydroxylamine groups is 1. The number of carbonyl (C=O) groups is 1. The van der Waals surface area contributed by atoms with Crippen molar-refractivity contribution in [2.45, 2.75) is 20.0 Å². The zero-order chi connectivity index (χ0) is 15.2. The number of hydrogen-bond donors (Lipinski definition) is 1. The third kappa shape index (κ3) is 6.42. The fourth-order valence-electron chi connectivity index (χ4n) is 1.21. The second-order valence-electron chi connectivity index (χ2n) is 4.56. The van der Waals surface area contributed by atoms with Gasteiger partial charge in [-0.25, -0.2) is 5.48 Å². The van der Waals surface area contributed by atoms with Gasteiger partial charge in [0, 0.05) is 5.56 Å². The molecule has 0 aromatic heterocycles. The summed E-state index contributed by atoms with van der Waals surface area (Å²) < 4.78 is 40.9. The van der Waals surface area contributed by atoms with Crippen LogP contribution in [-0.2, 0) is 4.84 Å². The molecular weight excluding hydrogens is 275 g/mol. The molecule has 0 fully saturated rings. The summed E-state index contributed by atoms with van der Waals surface area (Å²) >= 11 is 0. The minimum atomic E-state index is -4.48. The summed E-state index contributed by atoms with van der Waals surface area (Å²) in [7, 11) is 0.